The summed E-state index contributed by atoms with van der Waals surface area (Å²) >= 11 is 0. The highest BCUT2D eigenvalue weighted by atomic mass is 32.2. The van der Waals surface area contributed by atoms with Crippen molar-refractivity contribution in [3.05, 3.63) is 24.0 Å². The Morgan fingerprint density at radius 2 is 1.87 bits per heavy atom. The van der Waals surface area contributed by atoms with E-state index >= 15 is 0 Å². The summed E-state index contributed by atoms with van der Waals surface area (Å²) < 4.78 is 63.0. The van der Waals surface area contributed by atoms with E-state index < -0.39 is 47.4 Å². The van der Waals surface area contributed by atoms with E-state index in [4.69, 9.17) is 0 Å². The highest BCUT2D eigenvalue weighted by Crippen LogP contribution is 2.19. The zero-order valence-corrected chi connectivity index (χ0v) is 14.6. The third-order valence-corrected chi connectivity index (χ3v) is 5.54. The Labute approximate surface area is 135 Å². The van der Waals surface area contributed by atoms with Crippen molar-refractivity contribution in [1.82, 2.24) is 10.0 Å². The number of hydrogen-bond donors (Lipinski definition) is 2. The van der Waals surface area contributed by atoms with Crippen LogP contribution >= 0.6 is 0 Å². The molecule has 0 fully saturated rings. The van der Waals surface area contributed by atoms with Gasteiger partial charge in [-0.3, -0.25) is 4.79 Å². The molecule has 0 aliphatic rings. The number of carbonyl (C=O) groups excluding carboxylic acids is 1. The van der Waals surface area contributed by atoms with Gasteiger partial charge in [0.1, 0.15) is 10.7 Å². The smallest absolute Gasteiger partial charge is 0.241 e. The maximum absolute atomic E-state index is 13.5. The Balaban J connectivity index is 3.08. The summed E-state index contributed by atoms with van der Waals surface area (Å²) in [5.74, 6) is -1.55. The molecule has 10 heteroatoms. The maximum atomic E-state index is 13.5. The lowest BCUT2D eigenvalue weighted by Gasteiger charge is -2.14. The maximum Gasteiger partial charge on any atom is 0.241 e. The Hall–Kier alpha value is -1.52. The van der Waals surface area contributed by atoms with Crippen molar-refractivity contribution in [3.63, 3.8) is 0 Å². The van der Waals surface area contributed by atoms with E-state index in [9.17, 15) is 26.0 Å². The van der Waals surface area contributed by atoms with Gasteiger partial charge in [0.2, 0.25) is 15.9 Å². The largest absolute Gasteiger partial charge is 0.355 e. The van der Waals surface area contributed by atoms with E-state index in [-0.39, 0.29) is 0 Å². The Morgan fingerprint density at radius 3 is 2.39 bits per heavy atom. The van der Waals surface area contributed by atoms with Gasteiger partial charge in [-0.25, -0.2) is 21.2 Å². The summed E-state index contributed by atoms with van der Waals surface area (Å²) in [6.45, 7) is 3.60. The Morgan fingerprint density at radius 1 is 1.26 bits per heavy atom. The minimum atomic E-state index is -4.17. The van der Waals surface area contributed by atoms with E-state index in [2.05, 4.69) is 10.0 Å². The van der Waals surface area contributed by atoms with Crippen LogP contribution < -0.4 is 10.0 Å². The summed E-state index contributed by atoms with van der Waals surface area (Å²) in [7, 11) is -8.09. The molecule has 1 unspecified atom stereocenters. The molecule has 0 spiro atoms. The number of sulfone groups is 1. The van der Waals surface area contributed by atoms with Gasteiger partial charge in [0.15, 0.2) is 9.84 Å². The van der Waals surface area contributed by atoms with Crippen molar-refractivity contribution >= 4 is 25.8 Å². The average molecular weight is 366 g/mol. The Kier molecular flexibility index (Phi) is 6.25. The standard InChI is InChI=1S/C13H19FN2O5S2/c1-4-7-15-13(17)9(2)16-23(20,21)10-5-6-11(14)12(8-10)22(3,18)19/h5-6,8-9,16H,4,7H2,1-3H3,(H,15,17). The number of amides is 1. The first-order valence-electron chi connectivity index (χ1n) is 6.78. The number of rotatable bonds is 7. The molecule has 0 aromatic heterocycles. The lowest BCUT2D eigenvalue weighted by Crippen LogP contribution is -2.44. The molecule has 7 nitrogen and oxygen atoms in total. The fraction of sp³-hybridized carbons (Fsp3) is 0.462. The molecule has 23 heavy (non-hydrogen) atoms. The first-order valence-corrected chi connectivity index (χ1v) is 10.2. The monoisotopic (exact) mass is 366 g/mol. The number of benzene rings is 1. The Bertz CT molecular complexity index is 791. The SMILES string of the molecule is CCCNC(=O)C(C)NS(=O)(=O)c1ccc(F)c(S(C)(=O)=O)c1. The molecule has 1 amide bonds. The van der Waals surface area contributed by atoms with Crippen LogP contribution in [0.15, 0.2) is 28.0 Å². The highest BCUT2D eigenvalue weighted by molar-refractivity contribution is 7.91. The van der Waals surface area contributed by atoms with Crippen LogP contribution in [0.5, 0.6) is 0 Å². The summed E-state index contributed by atoms with van der Waals surface area (Å²) in [5, 5.41) is 2.53. The summed E-state index contributed by atoms with van der Waals surface area (Å²) in [6.07, 6.45) is 1.47. The van der Waals surface area contributed by atoms with E-state index in [1.807, 2.05) is 6.92 Å². The van der Waals surface area contributed by atoms with E-state index in [1.54, 1.807) is 0 Å². The quantitative estimate of drug-likeness (QED) is 0.727. The summed E-state index contributed by atoms with van der Waals surface area (Å²) in [6, 6.07) is 1.36. The molecule has 0 aliphatic carbocycles. The zero-order chi connectivity index (χ0) is 17.8. The van der Waals surface area contributed by atoms with Gasteiger partial charge in [-0.1, -0.05) is 6.92 Å². The van der Waals surface area contributed by atoms with Gasteiger partial charge in [-0.2, -0.15) is 4.72 Å². The molecule has 0 saturated heterocycles. The normalized spacial score (nSPS) is 13.6. The second kappa shape index (κ2) is 7.37. The number of halogens is 1. The van der Waals surface area contributed by atoms with Crippen LogP contribution in [-0.2, 0) is 24.7 Å². The molecule has 0 radical (unpaired) electrons. The molecule has 0 aliphatic heterocycles. The van der Waals surface area contributed by atoms with Crippen molar-refractivity contribution in [2.75, 3.05) is 12.8 Å². The minimum Gasteiger partial charge on any atom is -0.355 e. The molecular weight excluding hydrogens is 347 g/mol. The van der Waals surface area contributed by atoms with Crippen molar-refractivity contribution in [1.29, 1.82) is 0 Å². The molecule has 130 valence electrons. The van der Waals surface area contributed by atoms with Crippen LogP contribution in [0.25, 0.3) is 0 Å². The average Bonchev–Trinajstić information content (AvgIpc) is 2.43. The molecule has 1 atom stereocenters. The molecule has 1 aromatic rings. The fourth-order valence-corrected chi connectivity index (χ4v) is 3.76. The zero-order valence-electron chi connectivity index (χ0n) is 13.0. The fourth-order valence-electron chi connectivity index (χ4n) is 1.69. The topological polar surface area (TPSA) is 109 Å². The van der Waals surface area contributed by atoms with Crippen LogP contribution in [0, 0.1) is 5.82 Å². The predicted molar refractivity (Wildman–Crippen MR) is 82.6 cm³/mol. The van der Waals surface area contributed by atoms with Crippen LogP contribution in [0.3, 0.4) is 0 Å². The predicted octanol–water partition coefficient (Wildman–Crippen LogP) is 0.422. The van der Waals surface area contributed by atoms with Crippen LogP contribution in [0.4, 0.5) is 4.39 Å². The lowest BCUT2D eigenvalue weighted by atomic mass is 10.3. The second-order valence-corrected chi connectivity index (χ2v) is 8.70. The molecule has 2 N–H and O–H groups in total. The molecule has 1 aromatic carbocycles. The van der Waals surface area contributed by atoms with Gasteiger partial charge in [0.05, 0.1) is 10.9 Å². The summed E-state index contributed by atoms with van der Waals surface area (Å²) in [5.41, 5.74) is 0. The van der Waals surface area contributed by atoms with Crippen molar-refractivity contribution in [2.45, 2.75) is 36.1 Å². The van der Waals surface area contributed by atoms with Gasteiger partial charge in [-0.15, -0.1) is 0 Å². The van der Waals surface area contributed by atoms with E-state index in [0.717, 1.165) is 24.5 Å². The highest BCUT2D eigenvalue weighted by Gasteiger charge is 2.24. The third-order valence-electron chi connectivity index (χ3n) is 2.89. The molecular formula is C13H19FN2O5S2. The van der Waals surface area contributed by atoms with Crippen LogP contribution in [0.1, 0.15) is 20.3 Å². The first-order chi connectivity index (χ1) is 10.5. The first kappa shape index (κ1) is 19.5. The van der Waals surface area contributed by atoms with Crippen LogP contribution in [0.2, 0.25) is 0 Å². The second-order valence-electron chi connectivity index (χ2n) is 5.00. The van der Waals surface area contributed by atoms with Gasteiger partial charge >= 0.3 is 0 Å². The van der Waals surface area contributed by atoms with Gasteiger partial charge in [0, 0.05) is 12.8 Å². The van der Waals surface area contributed by atoms with Gasteiger partial charge in [-0.05, 0) is 31.5 Å². The number of carbonyl (C=O) groups is 1. The minimum absolute atomic E-state index is 0.402. The lowest BCUT2D eigenvalue weighted by molar-refractivity contribution is -0.122. The van der Waals surface area contributed by atoms with Crippen molar-refractivity contribution in [2.24, 2.45) is 0 Å². The number of sulfonamides is 1. The molecule has 0 saturated carbocycles. The van der Waals surface area contributed by atoms with Crippen LogP contribution in [-0.4, -0.2) is 41.6 Å². The molecule has 1 rings (SSSR count). The molecule has 0 heterocycles. The number of hydrogen-bond acceptors (Lipinski definition) is 5. The van der Waals surface area contributed by atoms with Gasteiger partial charge < -0.3 is 5.32 Å². The molecule has 0 bridgehead atoms. The van der Waals surface area contributed by atoms with E-state index in [0.29, 0.717) is 13.0 Å². The summed E-state index contributed by atoms with van der Waals surface area (Å²) in [4.78, 5) is 10.5. The van der Waals surface area contributed by atoms with Gasteiger partial charge in [0.25, 0.3) is 0 Å². The van der Waals surface area contributed by atoms with Crippen molar-refractivity contribution < 1.29 is 26.0 Å². The number of nitrogens with one attached hydrogen (secondary N) is 2. The third kappa shape index (κ3) is 5.26. The van der Waals surface area contributed by atoms with E-state index in [1.165, 1.54) is 6.92 Å². The van der Waals surface area contributed by atoms with Crippen molar-refractivity contribution in [3.8, 4) is 0 Å².